The van der Waals surface area contributed by atoms with Gasteiger partial charge in [-0.05, 0) is 50.2 Å². The van der Waals surface area contributed by atoms with E-state index in [0.717, 1.165) is 16.0 Å². The second kappa shape index (κ2) is 10.6. The molecule has 9 heteroatoms. The fraction of sp³-hybridized carbons (Fsp3) is 0.148. The van der Waals surface area contributed by atoms with Crippen molar-refractivity contribution in [2.75, 3.05) is 0 Å². The fourth-order valence-electron chi connectivity index (χ4n) is 3.45. The molecule has 0 aliphatic rings. The van der Waals surface area contributed by atoms with Crippen LogP contribution in [-0.2, 0) is 4.74 Å². The Balaban J connectivity index is 1.28. The van der Waals surface area contributed by atoms with Crippen LogP contribution in [0.5, 0.6) is 0 Å². The molecule has 8 nitrogen and oxygen atoms in total. The van der Waals surface area contributed by atoms with E-state index < -0.39 is 12.1 Å². The van der Waals surface area contributed by atoms with Gasteiger partial charge < -0.3 is 13.6 Å². The average molecular weight is 499 g/mol. The van der Waals surface area contributed by atoms with E-state index in [1.54, 1.807) is 19.1 Å². The Kier molecular flexibility index (Phi) is 6.90. The number of carbonyl (C=O) groups is 1. The Morgan fingerprint density at radius 2 is 1.25 bits per heavy atom. The van der Waals surface area contributed by atoms with E-state index in [1.165, 1.54) is 11.8 Å². The SMILES string of the molecule is C[C@H](OC(=O)c1ccccc1S[C@H](C)c1nnc(-c2ccccc2)o1)c1nnc(-c2ccccc2)o1. The van der Waals surface area contributed by atoms with Gasteiger partial charge in [0.1, 0.15) is 0 Å². The van der Waals surface area contributed by atoms with E-state index in [2.05, 4.69) is 20.4 Å². The lowest BCUT2D eigenvalue weighted by molar-refractivity contribution is 0.0275. The molecule has 5 rings (SSSR count). The molecule has 0 saturated heterocycles. The molecule has 0 spiro atoms. The Bertz CT molecular complexity index is 1450. The third-order valence-corrected chi connectivity index (χ3v) is 6.48. The highest BCUT2D eigenvalue weighted by Gasteiger charge is 2.24. The molecule has 36 heavy (non-hydrogen) atoms. The van der Waals surface area contributed by atoms with Gasteiger partial charge in [-0.1, -0.05) is 48.5 Å². The summed E-state index contributed by atoms with van der Waals surface area (Å²) in [6.45, 7) is 3.64. The van der Waals surface area contributed by atoms with Crippen LogP contribution >= 0.6 is 11.8 Å². The van der Waals surface area contributed by atoms with Crippen LogP contribution in [-0.4, -0.2) is 26.4 Å². The van der Waals surface area contributed by atoms with Gasteiger partial charge in [0.05, 0.1) is 10.8 Å². The summed E-state index contributed by atoms with van der Waals surface area (Å²) in [5.41, 5.74) is 2.07. The molecule has 3 aromatic carbocycles. The molecule has 0 saturated carbocycles. The minimum Gasteiger partial charge on any atom is -0.449 e. The monoisotopic (exact) mass is 498 g/mol. The molecule has 2 aromatic heterocycles. The molecule has 0 aliphatic carbocycles. The van der Waals surface area contributed by atoms with Crippen molar-refractivity contribution in [3.05, 3.63) is 102 Å². The second-order valence-electron chi connectivity index (χ2n) is 7.93. The summed E-state index contributed by atoms with van der Waals surface area (Å²) < 4.78 is 17.3. The van der Waals surface area contributed by atoms with Crippen molar-refractivity contribution in [1.29, 1.82) is 0 Å². The minimum atomic E-state index is -0.720. The van der Waals surface area contributed by atoms with Gasteiger partial charge in [0.2, 0.25) is 17.7 Å². The normalized spacial score (nSPS) is 12.7. The van der Waals surface area contributed by atoms with E-state index in [-0.39, 0.29) is 11.1 Å². The van der Waals surface area contributed by atoms with Crippen LogP contribution < -0.4 is 0 Å². The topological polar surface area (TPSA) is 104 Å². The molecular weight excluding hydrogens is 476 g/mol. The molecule has 5 aromatic rings. The zero-order valence-electron chi connectivity index (χ0n) is 19.6. The molecule has 0 fully saturated rings. The summed E-state index contributed by atoms with van der Waals surface area (Å²) >= 11 is 1.44. The summed E-state index contributed by atoms with van der Waals surface area (Å²) in [5.74, 6) is 1.02. The highest BCUT2D eigenvalue weighted by molar-refractivity contribution is 7.99. The molecule has 0 radical (unpaired) electrons. The maximum Gasteiger partial charge on any atom is 0.340 e. The second-order valence-corrected chi connectivity index (χ2v) is 9.31. The van der Waals surface area contributed by atoms with Gasteiger partial charge in [-0.15, -0.1) is 32.2 Å². The highest BCUT2D eigenvalue weighted by Crippen LogP contribution is 2.37. The largest absolute Gasteiger partial charge is 0.449 e. The van der Waals surface area contributed by atoms with Crippen LogP contribution in [0.25, 0.3) is 22.9 Å². The van der Waals surface area contributed by atoms with Gasteiger partial charge in [0.15, 0.2) is 6.10 Å². The quantitative estimate of drug-likeness (QED) is 0.174. The predicted octanol–water partition coefficient (Wildman–Crippen LogP) is 6.56. The summed E-state index contributed by atoms with van der Waals surface area (Å²) in [4.78, 5) is 13.8. The number of rotatable bonds is 8. The average Bonchev–Trinajstić information content (AvgIpc) is 3.61. The zero-order chi connectivity index (χ0) is 24.9. The van der Waals surface area contributed by atoms with Gasteiger partial charge in [0, 0.05) is 16.0 Å². The first kappa shape index (κ1) is 23.5. The first-order valence-corrected chi connectivity index (χ1v) is 12.2. The van der Waals surface area contributed by atoms with Crippen molar-refractivity contribution < 1.29 is 18.4 Å². The molecule has 0 unspecified atom stereocenters. The molecule has 0 bridgehead atoms. The van der Waals surface area contributed by atoms with Gasteiger partial charge in [-0.3, -0.25) is 0 Å². The smallest absolute Gasteiger partial charge is 0.340 e. The number of ether oxygens (including phenoxy) is 1. The number of thioether (sulfide) groups is 1. The van der Waals surface area contributed by atoms with Crippen LogP contribution in [0.1, 0.15) is 47.3 Å². The maximum atomic E-state index is 13.1. The van der Waals surface area contributed by atoms with Gasteiger partial charge >= 0.3 is 5.97 Å². The molecular formula is C27H22N4O4S. The lowest BCUT2D eigenvalue weighted by Gasteiger charge is -2.13. The predicted molar refractivity (Wildman–Crippen MR) is 134 cm³/mol. The van der Waals surface area contributed by atoms with Crippen LogP contribution in [0.3, 0.4) is 0 Å². The van der Waals surface area contributed by atoms with Crippen LogP contribution in [0, 0.1) is 0 Å². The van der Waals surface area contributed by atoms with Crippen molar-refractivity contribution in [3.8, 4) is 22.9 Å². The lowest BCUT2D eigenvalue weighted by atomic mass is 10.2. The number of esters is 1. The van der Waals surface area contributed by atoms with Gasteiger partial charge in [-0.25, -0.2) is 4.79 Å². The van der Waals surface area contributed by atoms with Crippen LogP contribution in [0.4, 0.5) is 0 Å². The van der Waals surface area contributed by atoms with Crippen molar-refractivity contribution in [1.82, 2.24) is 20.4 Å². The first-order chi connectivity index (χ1) is 17.6. The highest BCUT2D eigenvalue weighted by atomic mass is 32.2. The van der Waals surface area contributed by atoms with E-state index >= 15 is 0 Å². The van der Waals surface area contributed by atoms with Crippen molar-refractivity contribution in [2.45, 2.75) is 30.1 Å². The molecule has 0 amide bonds. The van der Waals surface area contributed by atoms with Crippen LogP contribution in [0.15, 0.2) is 98.7 Å². The number of benzene rings is 3. The maximum absolute atomic E-state index is 13.1. The van der Waals surface area contributed by atoms with E-state index in [9.17, 15) is 4.79 Å². The van der Waals surface area contributed by atoms with Gasteiger partial charge in [0.25, 0.3) is 5.89 Å². The number of nitrogens with zero attached hydrogens (tertiary/aromatic N) is 4. The van der Waals surface area contributed by atoms with Crippen LogP contribution in [0.2, 0.25) is 0 Å². The van der Waals surface area contributed by atoms with Crippen molar-refractivity contribution in [3.63, 3.8) is 0 Å². The molecule has 180 valence electrons. The third kappa shape index (κ3) is 5.21. The standard InChI is InChI=1S/C27H22N4O4S/c1-17(23-28-30-25(34-23)19-11-5-3-6-12-19)33-27(32)21-15-9-10-16-22(21)36-18(2)24-29-31-26(35-24)20-13-7-4-8-14-20/h3-18H,1-2H3/t17-,18+/m0/s1. The molecule has 0 aliphatic heterocycles. The number of hydrogen-bond acceptors (Lipinski definition) is 9. The zero-order valence-corrected chi connectivity index (χ0v) is 20.4. The Morgan fingerprint density at radius 1 is 0.722 bits per heavy atom. The molecule has 2 heterocycles. The Hall–Kier alpha value is -4.24. The number of carbonyl (C=O) groups excluding carboxylic acids is 1. The lowest BCUT2D eigenvalue weighted by Crippen LogP contribution is -2.11. The number of hydrogen-bond donors (Lipinski definition) is 0. The Labute approximate surface area is 211 Å². The summed E-state index contributed by atoms with van der Waals surface area (Å²) in [6, 6.07) is 26.2. The van der Waals surface area contributed by atoms with E-state index in [0.29, 0.717) is 23.2 Å². The number of aromatic nitrogens is 4. The first-order valence-electron chi connectivity index (χ1n) is 11.3. The van der Waals surface area contributed by atoms with E-state index in [1.807, 2.05) is 79.7 Å². The summed E-state index contributed by atoms with van der Waals surface area (Å²) in [6.07, 6.45) is -0.720. The molecule has 0 N–H and O–H groups in total. The molecule has 2 atom stereocenters. The van der Waals surface area contributed by atoms with Crippen molar-refractivity contribution in [2.24, 2.45) is 0 Å². The van der Waals surface area contributed by atoms with Gasteiger partial charge in [-0.2, -0.15) is 0 Å². The Morgan fingerprint density at radius 3 is 1.89 bits per heavy atom. The fourth-order valence-corrected chi connectivity index (χ4v) is 4.46. The third-order valence-electron chi connectivity index (χ3n) is 5.31. The summed E-state index contributed by atoms with van der Waals surface area (Å²) in [5, 5.41) is 16.3. The minimum absolute atomic E-state index is 0.189. The van der Waals surface area contributed by atoms with Crippen molar-refractivity contribution >= 4 is 17.7 Å². The van der Waals surface area contributed by atoms with E-state index in [4.69, 9.17) is 13.6 Å². The summed E-state index contributed by atoms with van der Waals surface area (Å²) in [7, 11) is 0.